The number of Topliss-reactive ketones (excluding diaryl/α,β-unsaturated/α-hetero) is 2. The molecule has 4 rings (SSSR count). The molecule has 3 unspecified atom stereocenters. The number of primary amides is 1. The minimum Gasteiger partial charge on any atom is -0.511 e. The van der Waals surface area contributed by atoms with Crippen LogP contribution in [0.25, 0.3) is 5.76 Å². The fraction of sp³-hybridized carbons (Fsp3) is 0.350. The average Bonchev–Trinajstić information content (AvgIpc) is 2.60. The van der Waals surface area contributed by atoms with Crippen molar-refractivity contribution in [3.8, 4) is 5.75 Å². The van der Waals surface area contributed by atoms with E-state index in [1.807, 2.05) is 0 Å². The van der Waals surface area contributed by atoms with E-state index in [9.17, 15) is 34.8 Å². The number of carbonyl (C=O) groups is 3. The Labute approximate surface area is 169 Å². The van der Waals surface area contributed by atoms with E-state index in [2.05, 4.69) is 0 Å². The number of aromatic hydroxyl groups is 1. The van der Waals surface area contributed by atoms with Crippen LogP contribution in [0.2, 0.25) is 5.02 Å². The van der Waals surface area contributed by atoms with Crippen LogP contribution >= 0.6 is 11.6 Å². The van der Waals surface area contributed by atoms with Gasteiger partial charge in [0.25, 0.3) is 5.91 Å². The lowest BCUT2D eigenvalue weighted by Crippen LogP contribution is -2.50. The number of rotatable bonds is 1. The van der Waals surface area contributed by atoms with Gasteiger partial charge in [0, 0.05) is 28.5 Å². The Morgan fingerprint density at radius 2 is 1.90 bits per heavy atom. The molecule has 0 heterocycles. The third-order valence-corrected chi connectivity index (χ3v) is 6.55. The Bertz CT molecular complexity index is 1070. The molecule has 3 aliphatic carbocycles. The molecule has 0 radical (unpaired) electrons. The van der Waals surface area contributed by atoms with E-state index in [-0.39, 0.29) is 40.3 Å². The monoisotopic (exact) mass is 419 g/mol. The molecule has 1 fully saturated rings. The SMILES string of the molecule is C[C@@]1(O)c2c(Cl)ccc(O)c2C(O)=C2C(=O)C3C(O)=C(C(N)=O)C(=O)CC3CC21. The summed E-state index contributed by atoms with van der Waals surface area (Å²) in [5.41, 5.74) is 2.55. The Morgan fingerprint density at radius 3 is 2.52 bits per heavy atom. The first kappa shape index (κ1) is 19.5. The zero-order valence-corrected chi connectivity index (χ0v) is 16.0. The minimum atomic E-state index is -1.74. The van der Waals surface area contributed by atoms with Crippen molar-refractivity contribution < 1.29 is 34.8 Å². The number of hydrogen-bond acceptors (Lipinski definition) is 7. The van der Waals surface area contributed by atoms with E-state index in [0.717, 1.165) is 0 Å². The van der Waals surface area contributed by atoms with Crippen LogP contribution in [0.1, 0.15) is 30.9 Å². The highest BCUT2D eigenvalue weighted by Gasteiger charge is 2.56. The molecule has 4 atom stereocenters. The van der Waals surface area contributed by atoms with Crippen molar-refractivity contribution in [1.82, 2.24) is 0 Å². The molecule has 152 valence electrons. The highest BCUT2D eigenvalue weighted by molar-refractivity contribution is 6.32. The van der Waals surface area contributed by atoms with E-state index in [4.69, 9.17) is 17.3 Å². The maximum atomic E-state index is 13.3. The van der Waals surface area contributed by atoms with Gasteiger partial charge in [0.1, 0.15) is 22.8 Å². The van der Waals surface area contributed by atoms with Crippen molar-refractivity contribution in [1.29, 1.82) is 0 Å². The predicted octanol–water partition coefficient (Wildman–Crippen LogP) is 1.63. The van der Waals surface area contributed by atoms with Crippen LogP contribution in [-0.2, 0) is 20.0 Å². The zero-order valence-electron chi connectivity index (χ0n) is 15.3. The lowest BCUT2D eigenvalue weighted by molar-refractivity contribution is -0.130. The topological polar surface area (TPSA) is 158 Å². The molecular weight excluding hydrogens is 402 g/mol. The van der Waals surface area contributed by atoms with Gasteiger partial charge < -0.3 is 26.2 Å². The van der Waals surface area contributed by atoms with Gasteiger partial charge in [0.2, 0.25) is 0 Å². The number of phenolic OH excluding ortho intramolecular Hbond substituents is 1. The average molecular weight is 420 g/mol. The number of allylic oxidation sites excluding steroid dienone is 1. The summed E-state index contributed by atoms with van der Waals surface area (Å²) in [4.78, 5) is 37.1. The van der Waals surface area contributed by atoms with Gasteiger partial charge in [-0.2, -0.15) is 0 Å². The van der Waals surface area contributed by atoms with Gasteiger partial charge in [-0.15, -0.1) is 0 Å². The molecule has 0 saturated heterocycles. The third-order valence-electron chi connectivity index (χ3n) is 6.24. The molecule has 1 saturated carbocycles. The number of aliphatic hydroxyl groups excluding tert-OH is 2. The second-order valence-electron chi connectivity index (χ2n) is 7.87. The Morgan fingerprint density at radius 1 is 1.24 bits per heavy atom. The van der Waals surface area contributed by atoms with Gasteiger partial charge in [-0.1, -0.05) is 11.6 Å². The number of amides is 1. The molecule has 0 aliphatic heterocycles. The van der Waals surface area contributed by atoms with Crippen molar-refractivity contribution in [2.45, 2.75) is 25.4 Å². The first-order valence-electron chi connectivity index (χ1n) is 8.96. The van der Waals surface area contributed by atoms with Gasteiger partial charge in [0.15, 0.2) is 11.6 Å². The van der Waals surface area contributed by atoms with Crippen LogP contribution in [0, 0.1) is 17.8 Å². The fourth-order valence-electron chi connectivity index (χ4n) is 4.96. The number of halogens is 1. The van der Waals surface area contributed by atoms with Crippen molar-refractivity contribution in [3.63, 3.8) is 0 Å². The molecule has 0 bridgehead atoms. The van der Waals surface area contributed by atoms with Crippen molar-refractivity contribution >= 4 is 34.8 Å². The Balaban J connectivity index is 1.97. The zero-order chi connectivity index (χ0) is 21.4. The molecule has 0 spiro atoms. The van der Waals surface area contributed by atoms with Crippen LogP contribution in [0.3, 0.4) is 0 Å². The number of phenols is 1. The Kier molecular flexibility index (Phi) is 4.08. The van der Waals surface area contributed by atoms with E-state index < -0.39 is 57.9 Å². The first-order valence-corrected chi connectivity index (χ1v) is 9.34. The highest BCUT2D eigenvalue weighted by atomic mass is 35.5. The second kappa shape index (κ2) is 6.08. The molecule has 3 aliphatic rings. The molecule has 1 aromatic carbocycles. The van der Waals surface area contributed by atoms with E-state index >= 15 is 0 Å². The van der Waals surface area contributed by atoms with Gasteiger partial charge in [-0.25, -0.2) is 0 Å². The molecule has 8 nitrogen and oxygen atoms in total. The molecule has 0 aromatic heterocycles. The number of fused-ring (bicyclic) bond motifs is 3. The van der Waals surface area contributed by atoms with E-state index in [1.54, 1.807) is 0 Å². The molecule has 9 heteroatoms. The number of nitrogens with two attached hydrogens (primary N) is 1. The van der Waals surface area contributed by atoms with E-state index in [1.165, 1.54) is 19.1 Å². The summed E-state index contributed by atoms with van der Waals surface area (Å²) in [5, 5.41) is 43.0. The molecule has 1 amide bonds. The lowest BCUT2D eigenvalue weighted by atomic mass is 9.57. The summed E-state index contributed by atoms with van der Waals surface area (Å²) < 4.78 is 0. The van der Waals surface area contributed by atoms with Crippen LogP contribution < -0.4 is 5.73 Å². The lowest BCUT2D eigenvalue weighted by Gasteiger charge is -2.47. The summed E-state index contributed by atoms with van der Waals surface area (Å²) >= 11 is 6.23. The smallest absolute Gasteiger partial charge is 0.255 e. The summed E-state index contributed by atoms with van der Waals surface area (Å²) in [6.45, 7) is 1.41. The molecule has 29 heavy (non-hydrogen) atoms. The first-order chi connectivity index (χ1) is 13.5. The molecule has 1 aromatic rings. The van der Waals surface area contributed by atoms with Crippen molar-refractivity contribution in [2.24, 2.45) is 23.5 Å². The molecule has 6 N–H and O–H groups in total. The van der Waals surface area contributed by atoms with Crippen LogP contribution in [0.4, 0.5) is 0 Å². The fourth-order valence-corrected chi connectivity index (χ4v) is 5.31. The standard InChI is InChI=1S/C20H18ClNO7/c1-20(29)7-4-6-5-10(24)14(19(22)28)17(26)11(6)16(25)12(7)18(27)13-9(23)3-2-8(21)15(13)20/h2-3,6-7,11,23,26-27,29H,4-5H2,1H3,(H2,22,28)/t6?,7?,11?,20-/m0/s1. The summed E-state index contributed by atoms with van der Waals surface area (Å²) in [6.07, 6.45) is -0.143. The second-order valence-corrected chi connectivity index (χ2v) is 8.28. The number of hydrogen-bond donors (Lipinski definition) is 5. The van der Waals surface area contributed by atoms with Gasteiger partial charge in [-0.05, 0) is 31.4 Å². The minimum absolute atomic E-state index is 0.0655. The number of carbonyl (C=O) groups excluding carboxylic acids is 3. The number of benzene rings is 1. The van der Waals surface area contributed by atoms with Crippen LogP contribution in [-0.4, -0.2) is 37.9 Å². The van der Waals surface area contributed by atoms with Crippen LogP contribution in [0.5, 0.6) is 5.75 Å². The largest absolute Gasteiger partial charge is 0.511 e. The predicted molar refractivity (Wildman–Crippen MR) is 101 cm³/mol. The van der Waals surface area contributed by atoms with Gasteiger partial charge >= 0.3 is 0 Å². The van der Waals surface area contributed by atoms with Gasteiger partial charge in [-0.3, -0.25) is 14.4 Å². The Hall–Kier alpha value is -2.84. The maximum Gasteiger partial charge on any atom is 0.255 e. The normalized spacial score (nSPS) is 31.3. The third kappa shape index (κ3) is 2.45. The molecular formula is C20H18ClNO7. The number of aliphatic hydroxyl groups is 3. The van der Waals surface area contributed by atoms with Crippen LogP contribution in [0.15, 0.2) is 29.0 Å². The van der Waals surface area contributed by atoms with Crippen molar-refractivity contribution in [2.75, 3.05) is 0 Å². The van der Waals surface area contributed by atoms with E-state index in [0.29, 0.717) is 0 Å². The summed E-state index contributed by atoms with van der Waals surface area (Å²) in [7, 11) is 0. The quantitative estimate of drug-likeness (QED) is 0.432. The maximum absolute atomic E-state index is 13.3. The highest BCUT2D eigenvalue weighted by Crippen LogP contribution is 2.56. The van der Waals surface area contributed by atoms with Gasteiger partial charge in [0.05, 0.1) is 17.1 Å². The summed E-state index contributed by atoms with van der Waals surface area (Å²) in [6, 6.07) is 2.60. The summed E-state index contributed by atoms with van der Waals surface area (Å²) in [5.74, 6) is -7.06. The number of ketones is 2. The van der Waals surface area contributed by atoms with Crippen molar-refractivity contribution in [3.05, 3.63) is 45.2 Å².